The molecule has 0 spiro atoms. The minimum Gasteiger partial charge on any atom is -0.310 e. The van der Waals surface area contributed by atoms with E-state index in [9.17, 15) is 4.79 Å². The molecule has 1 aromatic heterocycles. The quantitative estimate of drug-likeness (QED) is 0.684. The van der Waals surface area contributed by atoms with Crippen LogP contribution in [-0.2, 0) is 12.0 Å². The Morgan fingerprint density at radius 1 is 1.47 bits per heavy atom. The summed E-state index contributed by atoms with van der Waals surface area (Å²) in [5, 5.41) is 0. The summed E-state index contributed by atoms with van der Waals surface area (Å²) in [5.74, 6) is 0.705. The van der Waals surface area contributed by atoms with Crippen LogP contribution in [0, 0.1) is 6.92 Å². The summed E-state index contributed by atoms with van der Waals surface area (Å²) < 4.78 is 0. The molecule has 82 valence electrons. The molecule has 0 unspecified atom stereocenters. The van der Waals surface area contributed by atoms with Crippen LogP contribution >= 0.6 is 0 Å². The summed E-state index contributed by atoms with van der Waals surface area (Å²) in [6.07, 6.45) is 0. The van der Waals surface area contributed by atoms with E-state index in [2.05, 4.69) is 28.7 Å². The lowest BCUT2D eigenvalue weighted by molar-refractivity contribution is 0.228. The Labute approximate surface area is 89.3 Å². The molecule has 0 amide bonds. The van der Waals surface area contributed by atoms with Crippen LogP contribution in [0.5, 0.6) is 0 Å². The number of aryl methyl sites for hydroxylation is 1. The van der Waals surface area contributed by atoms with Gasteiger partial charge in [-0.25, -0.2) is 4.98 Å². The minimum absolute atomic E-state index is 0.0112. The van der Waals surface area contributed by atoms with Crippen LogP contribution in [-0.4, -0.2) is 28.5 Å². The second-order valence-corrected chi connectivity index (χ2v) is 5.03. The number of rotatable bonds is 0. The maximum absolute atomic E-state index is 11.8. The summed E-state index contributed by atoms with van der Waals surface area (Å²) in [6.45, 7) is 7.73. The van der Waals surface area contributed by atoms with Gasteiger partial charge in [-0.15, -0.1) is 0 Å². The van der Waals surface area contributed by atoms with E-state index in [4.69, 9.17) is 0 Å². The van der Waals surface area contributed by atoms with E-state index in [1.165, 1.54) is 0 Å². The van der Waals surface area contributed by atoms with E-state index in [0.717, 1.165) is 17.8 Å². The standard InChI is InChI=1S/C11H17N3O/c1-7-12-9-8(10(15)13-7)5-14(4)6-11(9,2)3/h5-6H2,1-4H3,(H,12,13,15). The second kappa shape index (κ2) is 3.17. The molecule has 4 nitrogen and oxygen atoms in total. The Bertz CT molecular complexity index is 448. The van der Waals surface area contributed by atoms with Gasteiger partial charge in [0, 0.05) is 18.5 Å². The lowest BCUT2D eigenvalue weighted by Crippen LogP contribution is -2.44. The highest BCUT2D eigenvalue weighted by molar-refractivity contribution is 5.28. The molecule has 0 aromatic carbocycles. The fourth-order valence-electron chi connectivity index (χ4n) is 2.39. The topological polar surface area (TPSA) is 49.0 Å². The molecule has 2 rings (SSSR count). The van der Waals surface area contributed by atoms with Gasteiger partial charge in [-0.1, -0.05) is 13.8 Å². The lowest BCUT2D eigenvalue weighted by atomic mass is 9.83. The summed E-state index contributed by atoms with van der Waals surface area (Å²) in [7, 11) is 2.03. The molecule has 0 saturated carbocycles. The molecule has 2 heterocycles. The van der Waals surface area contributed by atoms with E-state index in [0.29, 0.717) is 12.4 Å². The third-order valence-corrected chi connectivity index (χ3v) is 2.87. The normalized spacial score (nSPS) is 20.0. The first-order chi connectivity index (χ1) is 6.90. The van der Waals surface area contributed by atoms with Crippen molar-refractivity contribution >= 4 is 0 Å². The molecular formula is C11H17N3O. The van der Waals surface area contributed by atoms with E-state index in [-0.39, 0.29) is 11.0 Å². The zero-order valence-electron chi connectivity index (χ0n) is 9.72. The molecule has 1 aromatic rings. The van der Waals surface area contributed by atoms with Crippen molar-refractivity contribution in [3.63, 3.8) is 0 Å². The first-order valence-electron chi connectivity index (χ1n) is 5.19. The van der Waals surface area contributed by atoms with E-state index in [1.807, 2.05) is 14.0 Å². The Morgan fingerprint density at radius 2 is 2.13 bits per heavy atom. The van der Waals surface area contributed by atoms with Gasteiger partial charge in [0.25, 0.3) is 5.56 Å². The number of fused-ring (bicyclic) bond motifs is 1. The predicted octanol–water partition coefficient (Wildman–Crippen LogP) is 0.801. The van der Waals surface area contributed by atoms with Crippen LogP contribution < -0.4 is 5.56 Å². The molecule has 1 aliphatic heterocycles. The van der Waals surface area contributed by atoms with Gasteiger partial charge in [-0.2, -0.15) is 0 Å². The Hall–Kier alpha value is -1.16. The van der Waals surface area contributed by atoms with Crippen LogP contribution in [0.2, 0.25) is 0 Å². The number of nitrogens with one attached hydrogen (secondary N) is 1. The molecule has 15 heavy (non-hydrogen) atoms. The molecular weight excluding hydrogens is 190 g/mol. The average Bonchev–Trinajstić information content (AvgIpc) is 2.06. The van der Waals surface area contributed by atoms with Gasteiger partial charge in [0.05, 0.1) is 11.3 Å². The number of hydrogen-bond donors (Lipinski definition) is 1. The lowest BCUT2D eigenvalue weighted by Gasteiger charge is -2.36. The van der Waals surface area contributed by atoms with Crippen LogP contribution in [0.1, 0.15) is 30.9 Å². The molecule has 0 aliphatic carbocycles. The van der Waals surface area contributed by atoms with Crippen molar-refractivity contribution in [1.29, 1.82) is 0 Å². The number of hydrogen-bond acceptors (Lipinski definition) is 3. The molecule has 0 atom stereocenters. The first-order valence-corrected chi connectivity index (χ1v) is 5.19. The number of nitrogens with zero attached hydrogens (tertiary/aromatic N) is 2. The summed E-state index contributed by atoms with van der Waals surface area (Å²) in [5.41, 5.74) is 1.75. The highest BCUT2D eigenvalue weighted by Crippen LogP contribution is 2.28. The third kappa shape index (κ3) is 1.69. The van der Waals surface area contributed by atoms with Crippen LogP contribution in [0.25, 0.3) is 0 Å². The number of aromatic amines is 1. The van der Waals surface area contributed by atoms with Crippen molar-refractivity contribution in [2.75, 3.05) is 13.6 Å². The molecule has 0 radical (unpaired) electrons. The molecule has 0 saturated heterocycles. The van der Waals surface area contributed by atoms with Crippen molar-refractivity contribution in [3.05, 3.63) is 27.4 Å². The van der Waals surface area contributed by atoms with Gasteiger partial charge >= 0.3 is 0 Å². The van der Waals surface area contributed by atoms with Gasteiger partial charge in [0.15, 0.2) is 0 Å². The fraction of sp³-hybridized carbons (Fsp3) is 0.636. The van der Waals surface area contributed by atoms with Crippen LogP contribution in [0.3, 0.4) is 0 Å². The van der Waals surface area contributed by atoms with Gasteiger partial charge in [-0.05, 0) is 14.0 Å². The van der Waals surface area contributed by atoms with Crippen LogP contribution in [0.4, 0.5) is 0 Å². The second-order valence-electron chi connectivity index (χ2n) is 5.03. The molecule has 1 N–H and O–H groups in total. The summed E-state index contributed by atoms with van der Waals surface area (Å²) in [6, 6.07) is 0. The van der Waals surface area contributed by atoms with Crippen molar-refractivity contribution in [2.24, 2.45) is 0 Å². The predicted molar refractivity (Wildman–Crippen MR) is 59.0 cm³/mol. The third-order valence-electron chi connectivity index (χ3n) is 2.87. The molecule has 0 bridgehead atoms. The first kappa shape index (κ1) is 10.4. The minimum atomic E-state index is -0.0403. The number of aromatic nitrogens is 2. The largest absolute Gasteiger partial charge is 0.310 e. The van der Waals surface area contributed by atoms with Gasteiger partial charge < -0.3 is 9.88 Å². The van der Waals surface area contributed by atoms with Crippen molar-refractivity contribution in [2.45, 2.75) is 32.7 Å². The zero-order valence-corrected chi connectivity index (χ0v) is 9.72. The van der Waals surface area contributed by atoms with E-state index in [1.54, 1.807) is 0 Å². The monoisotopic (exact) mass is 207 g/mol. The van der Waals surface area contributed by atoms with E-state index >= 15 is 0 Å². The summed E-state index contributed by atoms with van der Waals surface area (Å²) >= 11 is 0. The highest BCUT2D eigenvalue weighted by atomic mass is 16.1. The SMILES string of the molecule is Cc1nc2c(c(=O)[nH]1)CN(C)CC2(C)C. The Kier molecular flexibility index (Phi) is 2.19. The Morgan fingerprint density at radius 3 is 2.80 bits per heavy atom. The molecule has 0 fully saturated rings. The maximum Gasteiger partial charge on any atom is 0.255 e. The van der Waals surface area contributed by atoms with Crippen molar-refractivity contribution in [3.8, 4) is 0 Å². The average molecular weight is 207 g/mol. The maximum atomic E-state index is 11.8. The van der Waals surface area contributed by atoms with Gasteiger partial charge in [-0.3, -0.25) is 4.79 Å². The Balaban J connectivity index is 2.67. The smallest absolute Gasteiger partial charge is 0.255 e. The molecule has 4 heteroatoms. The number of likely N-dealkylation sites (N-methyl/N-ethyl adjacent to an activating group) is 1. The van der Waals surface area contributed by atoms with E-state index < -0.39 is 0 Å². The molecule has 1 aliphatic rings. The van der Waals surface area contributed by atoms with Crippen LogP contribution in [0.15, 0.2) is 4.79 Å². The van der Waals surface area contributed by atoms with Gasteiger partial charge in [0.2, 0.25) is 0 Å². The van der Waals surface area contributed by atoms with Gasteiger partial charge in [0.1, 0.15) is 5.82 Å². The summed E-state index contributed by atoms with van der Waals surface area (Å²) in [4.78, 5) is 21.2. The highest BCUT2D eigenvalue weighted by Gasteiger charge is 2.33. The zero-order chi connectivity index (χ0) is 11.2. The van der Waals surface area contributed by atoms with Crippen molar-refractivity contribution < 1.29 is 0 Å². The van der Waals surface area contributed by atoms with Crippen molar-refractivity contribution in [1.82, 2.24) is 14.9 Å². The number of H-pyrrole nitrogens is 1. The fourth-order valence-corrected chi connectivity index (χ4v) is 2.39.